The summed E-state index contributed by atoms with van der Waals surface area (Å²) in [5.41, 5.74) is 1.27. The molecule has 1 saturated carbocycles. The maximum Gasteiger partial charge on any atom is 0.161 e. The number of hydrogen-bond donors (Lipinski definition) is 1. The van der Waals surface area contributed by atoms with Crippen molar-refractivity contribution in [2.24, 2.45) is 0 Å². The van der Waals surface area contributed by atoms with Crippen molar-refractivity contribution in [1.29, 1.82) is 0 Å². The first-order valence-electron chi connectivity index (χ1n) is 6.27. The van der Waals surface area contributed by atoms with E-state index in [0.717, 1.165) is 30.8 Å². The van der Waals surface area contributed by atoms with Gasteiger partial charge >= 0.3 is 0 Å². The molecule has 0 bridgehead atoms. The van der Waals surface area contributed by atoms with Gasteiger partial charge in [0.15, 0.2) is 11.5 Å². The van der Waals surface area contributed by atoms with E-state index in [1.807, 2.05) is 13.1 Å². The number of benzene rings is 1. The molecule has 0 unspecified atom stereocenters. The molecular weight excluding hydrogens is 214 g/mol. The van der Waals surface area contributed by atoms with Gasteiger partial charge in [-0.1, -0.05) is 13.0 Å². The lowest BCUT2D eigenvalue weighted by Gasteiger charge is -2.35. The Bertz CT molecular complexity index is 372. The number of methoxy groups -OCH3 is 1. The van der Waals surface area contributed by atoms with Gasteiger partial charge in [0.1, 0.15) is 6.10 Å². The Balaban J connectivity index is 2.01. The van der Waals surface area contributed by atoms with E-state index < -0.39 is 0 Å². The highest BCUT2D eigenvalue weighted by Crippen LogP contribution is 2.33. The highest BCUT2D eigenvalue weighted by molar-refractivity contribution is 5.43. The second-order valence-electron chi connectivity index (χ2n) is 4.54. The summed E-state index contributed by atoms with van der Waals surface area (Å²) >= 11 is 0. The summed E-state index contributed by atoms with van der Waals surface area (Å²) in [7, 11) is 3.69. The Hall–Kier alpha value is -1.22. The van der Waals surface area contributed by atoms with Crippen LogP contribution in [0.1, 0.15) is 25.3 Å². The maximum atomic E-state index is 5.94. The van der Waals surface area contributed by atoms with E-state index in [9.17, 15) is 0 Å². The number of hydrogen-bond acceptors (Lipinski definition) is 3. The van der Waals surface area contributed by atoms with E-state index in [0.29, 0.717) is 12.1 Å². The summed E-state index contributed by atoms with van der Waals surface area (Å²) < 4.78 is 11.3. The molecule has 3 nitrogen and oxygen atoms in total. The van der Waals surface area contributed by atoms with Gasteiger partial charge in [0.05, 0.1) is 7.11 Å². The summed E-state index contributed by atoms with van der Waals surface area (Å²) in [6.45, 7) is 2.14. The molecule has 0 spiro atoms. The Kier molecular flexibility index (Phi) is 3.89. The van der Waals surface area contributed by atoms with E-state index in [2.05, 4.69) is 24.4 Å². The second kappa shape index (κ2) is 5.41. The fourth-order valence-electron chi connectivity index (χ4n) is 2.11. The molecule has 0 aromatic heterocycles. The smallest absolute Gasteiger partial charge is 0.161 e. The molecule has 3 heteroatoms. The highest BCUT2D eigenvalue weighted by atomic mass is 16.5. The van der Waals surface area contributed by atoms with Crippen LogP contribution in [-0.2, 0) is 6.42 Å². The molecule has 0 aliphatic heterocycles. The summed E-state index contributed by atoms with van der Waals surface area (Å²) in [6, 6.07) is 6.79. The zero-order valence-corrected chi connectivity index (χ0v) is 10.8. The Morgan fingerprint density at radius 2 is 2.06 bits per heavy atom. The fraction of sp³-hybridized carbons (Fsp3) is 0.571. The topological polar surface area (TPSA) is 30.5 Å². The van der Waals surface area contributed by atoms with Crippen molar-refractivity contribution in [2.75, 3.05) is 14.2 Å². The van der Waals surface area contributed by atoms with Gasteiger partial charge in [0.25, 0.3) is 0 Å². The molecule has 1 aliphatic carbocycles. The van der Waals surface area contributed by atoms with Gasteiger partial charge in [-0.3, -0.25) is 0 Å². The molecule has 0 saturated heterocycles. The van der Waals surface area contributed by atoms with E-state index in [-0.39, 0.29) is 0 Å². The quantitative estimate of drug-likeness (QED) is 0.850. The first-order valence-corrected chi connectivity index (χ1v) is 6.27. The molecule has 1 aromatic carbocycles. The van der Waals surface area contributed by atoms with Gasteiger partial charge < -0.3 is 14.8 Å². The molecule has 17 heavy (non-hydrogen) atoms. The van der Waals surface area contributed by atoms with E-state index >= 15 is 0 Å². The van der Waals surface area contributed by atoms with Crippen molar-refractivity contribution in [3.8, 4) is 11.5 Å². The molecular formula is C14H21NO2. The van der Waals surface area contributed by atoms with Crippen LogP contribution in [0.2, 0.25) is 0 Å². The van der Waals surface area contributed by atoms with Crippen molar-refractivity contribution in [3.63, 3.8) is 0 Å². The Labute approximate surface area is 103 Å². The van der Waals surface area contributed by atoms with Gasteiger partial charge in [-0.15, -0.1) is 0 Å². The molecule has 1 fully saturated rings. The average molecular weight is 235 g/mol. The lowest BCUT2D eigenvalue weighted by molar-refractivity contribution is 0.0854. The van der Waals surface area contributed by atoms with Gasteiger partial charge in [-0.05, 0) is 44.0 Å². The summed E-state index contributed by atoms with van der Waals surface area (Å²) in [5.74, 6) is 1.71. The number of nitrogens with one attached hydrogen (secondary N) is 1. The number of aryl methyl sites for hydroxylation is 1. The maximum absolute atomic E-state index is 5.94. The summed E-state index contributed by atoms with van der Waals surface area (Å²) in [6.07, 6.45) is 3.50. The second-order valence-corrected chi connectivity index (χ2v) is 4.54. The number of ether oxygens (including phenoxy) is 2. The minimum absolute atomic E-state index is 0.328. The zero-order chi connectivity index (χ0) is 12.3. The molecule has 1 aliphatic rings. The molecule has 2 rings (SSSR count). The van der Waals surface area contributed by atoms with Crippen molar-refractivity contribution >= 4 is 0 Å². The molecule has 1 N–H and O–H groups in total. The predicted octanol–water partition coefficient (Wildman–Crippen LogP) is 2.39. The van der Waals surface area contributed by atoms with Gasteiger partial charge in [-0.25, -0.2) is 0 Å². The lowest BCUT2D eigenvalue weighted by atomic mass is 9.89. The Morgan fingerprint density at radius 3 is 2.65 bits per heavy atom. The zero-order valence-electron chi connectivity index (χ0n) is 10.8. The van der Waals surface area contributed by atoms with Crippen LogP contribution in [0.25, 0.3) is 0 Å². The van der Waals surface area contributed by atoms with Crippen LogP contribution in [0.4, 0.5) is 0 Å². The molecule has 0 radical (unpaired) electrons. The first-order chi connectivity index (χ1) is 8.26. The monoisotopic (exact) mass is 235 g/mol. The van der Waals surface area contributed by atoms with Crippen LogP contribution in [0.3, 0.4) is 0 Å². The third-order valence-corrected chi connectivity index (χ3v) is 3.43. The lowest BCUT2D eigenvalue weighted by Crippen LogP contribution is -2.45. The van der Waals surface area contributed by atoms with Crippen LogP contribution < -0.4 is 14.8 Å². The van der Waals surface area contributed by atoms with Crippen LogP contribution in [-0.4, -0.2) is 26.3 Å². The van der Waals surface area contributed by atoms with Crippen LogP contribution in [0.5, 0.6) is 11.5 Å². The van der Waals surface area contributed by atoms with E-state index in [1.165, 1.54) is 5.56 Å². The largest absolute Gasteiger partial charge is 0.493 e. The van der Waals surface area contributed by atoms with Crippen molar-refractivity contribution < 1.29 is 9.47 Å². The number of rotatable bonds is 5. The van der Waals surface area contributed by atoms with Crippen molar-refractivity contribution in [2.45, 2.75) is 38.3 Å². The predicted molar refractivity (Wildman–Crippen MR) is 68.9 cm³/mol. The highest BCUT2D eigenvalue weighted by Gasteiger charge is 2.30. The third-order valence-electron chi connectivity index (χ3n) is 3.43. The van der Waals surface area contributed by atoms with Gasteiger partial charge in [-0.2, -0.15) is 0 Å². The first kappa shape index (κ1) is 12.2. The standard InChI is InChI=1S/C14H21NO2/c1-4-10-5-6-13(14(7-10)16-3)17-12-8-11(9-12)15-2/h5-7,11-12,15H,4,8-9H2,1-3H3. The fourth-order valence-corrected chi connectivity index (χ4v) is 2.11. The van der Waals surface area contributed by atoms with Crippen LogP contribution in [0.15, 0.2) is 18.2 Å². The SMILES string of the molecule is CCc1ccc(OC2CC(NC)C2)c(OC)c1. The molecule has 0 amide bonds. The van der Waals surface area contributed by atoms with E-state index in [1.54, 1.807) is 7.11 Å². The minimum Gasteiger partial charge on any atom is -0.493 e. The summed E-state index contributed by atoms with van der Waals surface area (Å²) in [4.78, 5) is 0. The average Bonchev–Trinajstić information content (AvgIpc) is 2.33. The normalized spacial score (nSPS) is 23.0. The minimum atomic E-state index is 0.328. The molecule has 1 aromatic rings. The van der Waals surface area contributed by atoms with Gasteiger partial charge in [0, 0.05) is 6.04 Å². The molecule has 0 heterocycles. The van der Waals surface area contributed by atoms with E-state index in [4.69, 9.17) is 9.47 Å². The van der Waals surface area contributed by atoms with Crippen molar-refractivity contribution in [1.82, 2.24) is 5.32 Å². The van der Waals surface area contributed by atoms with Crippen LogP contribution >= 0.6 is 0 Å². The van der Waals surface area contributed by atoms with Gasteiger partial charge in [0.2, 0.25) is 0 Å². The third kappa shape index (κ3) is 2.72. The Morgan fingerprint density at radius 1 is 1.29 bits per heavy atom. The summed E-state index contributed by atoms with van der Waals surface area (Å²) in [5, 5.41) is 3.25. The van der Waals surface area contributed by atoms with Crippen LogP contribution in [0, 0.1) is 0 Å². The molecule has 94 valence electrons. The molecule has 0 atom stereocenters. The van der Waals surface area contributed by atoms with Crippen molar-refractivity contribution in [3.05, 3.63) is 23.8 Å².